The van der Waals surface area contributed by atoms with Crippen LogP contribution >= 0.6 is 0 Å². The normalized spacial score (nSPS) is 13.7. The maximum absolute atomic E-state index is 12.4. The number of amides is 1. The number of nitrogens with zero attached hydrogens (tertiary/aromatic N) is 1. The summed E-state index contributed by atoms with van der Waals surface area (Å²) in [6.45, 7) is 6.23. The Morgan fingerprint density at radius 1 is 1.00 bits per heavy atom. The van der Waals surface area contributed by atoms with E-state index in [9.17, 15) is 4.79 Å². The summed E-state index contributed by atoms with van der Waals surface area (Å²) in [6.07, 6.45) is 1.86. The first-order valence-electron chi connectivity index (χ1n) is 8.44. The molecule has 1 aliphatic carbocycles. The molecule has 2 aromatic rings. The number of hydrogen-bond acceptors (Lipinski definition) is 2. The van der Waals surface area contributed by atoms with Crippen LogP contribution in [-0.4, -0.2) is 25.0 Å². The zero-order valence-electron chi connectivity index (χ0n) is 13.9. The lowest BCUT2D eigenvalue weighted by Crippen LogP contribution is -2.35. The molecule has 0 aromatic heterocycles. The van der Waals surface area contributed by atoms with Crippen LogP contribution in [0.4, 0.5) is 5.69 Å². The molecule has 0 heterocycles. The third-order valence-corrected chi connectivity index (χ3v) is 4.64. The fourth-order valence-electron chi connectivity index (χ4n) is 3.34. The lowest BCUT2D eigenvalue weighted by atomic mass is 10.1. The molecular weight excluding hydrogens is 284 g/mol. The maximum atomic E-state index is 12.4. The minimum atomic E-state index is 0.0221. The Morgan fingerprint density at radius 2 is 1.57 bits per heavy atom. The van der Waals surface area contributed by atoms with Crippen LogP contribution in [0.15, 0.2) is 48.5 Å². The van der Waals surface area contributed by atoms with E-state index in [0.29, 0.717) is 0 Å². The Bertz CT molecular complexity index is 649. The largest absolute Gasteiger partial charge is 0.372 e. The standard InChI is InChI=1S/C20H24N2O/c1-3-22(4-2)19-11-9-15(10-12-19)20(23)21-18-13-16-7-5-6-8-17(16)14-18/h5-12,18H,3-4,13-14H2,1-2H3,(H,21,23). The fourth-order valence-corrected chi connectivity index (χ4v) is 3.34. The molecule has 0 atom stereocenters. The van der Waals surface area contributed by atoms with Gasteiger partial charge in [0, 0.05) is 30.4 Å². The van der Waals surface area contributed by atoms with Crippen molar-refractivity contribution in [3.05, 3.63) is 65.2 Å². The average molecular weight is 308 g/mol. The number of fused-ring (bicyclic) bond motifs is 1. The SMILES string of the molecule is CCN(CC)c1ccc(C(=O)NC2Cc3ccccc3C2)cc1. The van der Waals surface area contributed by atoms with Gasteiger partial charge in [-0.15, -0.1) is 0 Å². The number of anilines is 1. The quantitative estimate of drug-likeness (QED) is 0.918. The third kappa shape index (κ3) is 3.39. The number of nitrogens with one attached hydrogen (secondary N) is 1. The molecule has 3 nitrogen and oxygen atoms in total. The van der Waals surface area contributed by atoms with E-state index in [-0.39, 0.29) is 11.9 Å². The number of carbonyl (C=O) groups is 1. The summed E-state index contributed by atoms with van der Waals surface area (Å²) in [5.41, 5.74) is 4.61. The molecule has 3 heteroatoms. The Balaban J connectivity index is 1.63. The molecule has 1 N–H and O–H groups in total. The number of benzene rings is 2. The molecule has 1 aliphatic rings. The second kappa shape index (κ2) is 6.86. The molecule has 1 amide bonds. The van der Waals surface area contributed by atoms with Crippen molar-refractivity contribution in [3.63, 3.8) is 0 Å². The van der Waals surface area contributed by atoms with Crippen molar-refractivity contribution in [1.82, 2.24) is 5.32 Å². The van der Waals surface area contributed by atoms with E-state index in [1.807, 2.05) is 24.3 Å². The summed E-state index contributed by atoms with van der Waals surface area (Å²) < 4.78 is 0. The monoisotopic (exact) mass is 308 g/mol. The number of carbonyl (C=O) groups excluding carboxylic acids is 1. The highest BCUT2D eigenvalue weighted by molar-refractivity contribution is 5.94. The van der Waals surface area contributed by atoms with Gasteiger partial charge < -0.3 is 10.2 Å². The summed E-state index contributed by atoms with van der Waals surface area (Å²) in [5.74, 6) is 0.0221. The highest BCUT2D eigenvalue weighted by atomic mass is 16.1. The summed E-state index contributed by atoms with van der Waals surface area (Å²) in [7, 11) is 0. The van der Waals surface area contributed by atoms with Crippen LogP contribution in [0.5, 0.6) is 0 Å². The Morgan fingerprint density at radius 3 is 2.09 bits per heavy atom. The molecule has 120 valence electrons. The molecule has 0 bridgehead atoms. The van der Waals surface area contributed by atoms with Crippen molar-refractivity contribution < 1.29 is 4.79 Å². The van der Waals surface area contributed by atoms with Gasteiger partial charge in [0.1, 0.15) is 0 Å². The maximum Gasteiger partial charge on any atom is 0.251 e. The van der Waals surface area contributed by atoms with Gasteiger partial charge >= 0.3 is 0 Å². The highest BCUT2D eigenvalue weighted by Gasteiger charge is 2.22. The van der Waals surface area contributed by atoms with Crippen molar-refractivity contribution in [2.24, 2.45) is 0 Å². The molecule has 0 aliphatic heterocycles. The topological polar surface area (TPSA) is 32.3 Å². The molecule has 3 rings (SSSR count). The molecule has 0 fully saturated rings. The van der Waals surface area contributed by atoms with Gasteiger partial charge in [0.15, 0.2) is 0 Å². The second-order valence-corrected chi connectivity index (χ2v) is 6.07. The minimum Gasteiger partial charge on any atom is -0.372 e. The zero-order chi connectivity index (χ0) is 16.2. The van der Waals surface area contributed by atoms with E-state index in [1.165, 1.54) is 16.8 Å². The van der Waals surface area contributed by atoms with Crippen molar-refractivity contribution in [3.8, 4) is 0 Å². The van der Waals surface area contributed by atoms with E-state index in [4.69, 9.17) is 0 Å². The van der Waals surface area contributed by atoms with Gasteiger partial charge in [0.25, 0.3) is 5.91 Å². The van der Waals surface area contributed by atoms with E-state index < -0.39 is 0 Å². The third-order valence-electron chi connectivity index (χ3n) is 4.64. The van der Waals surface area contributed by atoms with E-state index in [1.54, 1.807) is 0 Å². The summed E-state index contributed by atoms with van der Waals surface area (Å²) in [5, 5.41) is 3.17. The number of hydrogen-bond donors (Lipinski definition) is 1. The van der Waals surface area contributed by atoms with Crippen molar-refractivity contribution in [2.45, 2.75) is 32.7 Å². The van der Waals surface area contributed by atoms with Gasteiger partial charge in [-0.3, -0.25) is 4.79 Å². The fraction of sp³-hybridized carbons (Fsp3) is 0.350. The Hall–Kier alpha value is -2.29. The molecule has 2 aromatic carbocycles. The van der Waals surface area contributed by atoms with Gasteiger partial charge in [0.2, 0.25) is 0 Å². The Labute approximate surface area is 138 Å². The predicted octanol–water partition coefficient (Wildman–Crippen LogP) is 3.43. The zero-order valence-corrected chi connectivity index (χ0v) is 13.9. The van der Waals surface area contributed by atoms with E-state index in [2.05, 4.69) is 48.3 Å². The van der Waals surface area contributed by atoms with Crippen LogP contribution in [0.3, 0.4) is 0 Å². The average Bonchev–Trinajstić information content (AvgIpc) is 2.98. The van der Waals surface area contributed by atoms with Crippen LogP contribution in [0.2, 0.25) is 0 Å². The molecule has 0 spiro atoms. The van der Waals surface area contributed by atoms with Crippen LogP contribution in [0.1, 0.15) is 35.3 Å². The van der Waals surface area contributed by atoms with Gasteiger partial charge in [-0.2, -0.15) is 0 Å². The van der Waals surface area contributed by atoms with Crippen LogP contribution in [0.25, 0.3) is 0 Å². The van der Waals surface area contributed by atoms with Crippen molar-refractivity contribution >= 4 is 11.6 Å². The van der Waals surface area contributed by atoms with Crippen molar-refractivity contribution in [2.75, 3.05) is 18.0 Å². The summed E-state index contributed by atoms with van der Waals surface area (Å²) in [6, 6.07) is 16.6. The summed E-state index contributed by atoms with van der Waals surface area (Å²) in [4.78, 5) is 14.7. The van der Waals surface area contributed by atoms with Crippen LogP contribution in [0, 0.1) is 0 Å². The highest BCUT2D eigenvalue weighted by Crippen LogP contribution is 2.22. The molecule has 0 unspecified atom stereocenters. The second-order valence-electron chi connectivity index (χ2n) is 6.07. The van der Waals surface area contributed by atoms with Gasteiger partial charge in [-0.25, -0.2) is 0 Å². The van der Waals surface area contributed by atoms with Gasteiger partial charge in [-0.05, 0) is 62.1 Å². The van der Waals surface area contributed by atoms with Gasteiger partial charge in [0.05, 0.1) is 0 Å². The van der Waals surface area contributed by atoms with E-state index in [0.717, 1.165) is 31.5 Å². The van der Waals surface area contributed by atoms with E-state index >= 15 is 0 Å². The first-order valence-corrected chi connectivity index (χ1v) is 8.44. The predicted molar refractivity (Wildman–Crippen MR) is 95.1 cm³/mol. The molecule has 0 saturated heterocycles. The number of rotatable bonds is 5. The summed E-state index contributed by atoms with van der Waals surface area (Å²) >= 11 is 0. The first-order chi connectivity index (χ1) is 11.2. The molecular formula is C20H24N2O. The Kier molecular flexibility index (Phi) is 4.65. The van der Waals surface area contributed by atoms with Gasteiger partial charge in [-0.1, -0.05) is 24.3 Å². The smallest absolute Gasteiger partial charge is 0.251 e. The molecule has 0 saturated carbocycles. The van der Waals surface area contributed by atoms with Crippen LogP contribution in [-0.2, 0) is 12.8 Å². The first kappa shape index (κ1) is 15.6. The van der Waals surface area contributed by atoms with Crippen molar-refractivity contribution in [1.29, 1.82) is 0 Å². The molecule has 23 heavy (non-hydrogen) atoms. The minimum absolute atomic E-state index is 0.0221. The lowest BCUT2D eigenvalue weighted by molar-refractivity contribution is 0.0938. The molecule has 0 radical (unpaired) electrons. The van der Waals surface area contributed by atoms with Crippen LogP contribution < -0.4 is 10.2 Å². The lowest BCUT2D eigenvalue weighted by Gasteiger charge is -2.21.